The van der Waals surface area contributed by atoms with Crippen LogP contribution in [0.1, 0.15) is 32.1 Å². The van der Waals surface area contributed by atoms with Crippen LogP contribution in [0.2, 0.25) is 0 Å². The standard InChI is InChI=1S/C12H20O2/c1-2-14-9-3-4-11-5-7-12(10-13)8-6-11/h2-3,9,11-13H,1,4-8,10H2. The maximum atomic E-state index is 8.98. The van der Waals surface area contributed by atoms with Crippen molar-refractivity contribution < 1.29 is 9.84 Å². The first kappa shape index (κ1) is 11.3. The van der Waals surface area contributed by atoms with Crippen molar-refractivity contribution in [2.45, 2.75) is 32.1 Å². The van der Waals surface area contributed by atoms with Crippen molar-refractivity contribution in [2.75, 3.05) is 6.61 Å². The van der Waals surface area contributed by atoms with E-state index in [-0.39, 0.29) is 0 Å². The molecule has 0 aromatic rings. The average Bonchev–Trinajstić information content (AvgIpc) is 2.25. The largest absolute Gasteiger partial charge is 0.474 e. The highest BCUT2D eigenvalue weighted by atomic mass is 16.5. The molecule has 0 radical (unpaired) electrons. The van der Waals surface area contributed by atoms with Crippen molar-refractivity contribution >= 4 is 0 Å². The van der Waals surface area contributed by atoms with Crippen molar-refractivity contribution in [1.82, 2.24) is 0 Å². The minimum Gasteiger partial charge on any atom is -0.474 e. The lowest BCUT2D eigenvalue weighted by atomic mass is 9.81. The minimum absolute atomic E-state index is 0.363. The fourth-order valence-corrected chi connectivity index (χ4v) is 2.01. The van der Waals surface area contributed by atoms with Gasteiger partial charge in [-0.3, -0.25) is 0 Å². The summed E-state index contributed by atoms with van der Waals surface area (Å²) in [6.45, 7) is 3.83. The number of hydrogen-bond donors (Lipinski definition) is 1. The zero-order chi connectivity index (χ0) is 10.2. The Bertz CT molecular complexity index is 179. The zero-order valence-corrected chi connectivity index (χ0v) is 8.69. The molecule has 14 heavy (non-hydrogen) atoms. The summed E-state index contributed by atoms with van der Waals surface area (Å²) < 4.78 is 4.91. The van der Waals surface area contributed by atoms with Gasteiger partial charge in [0.15, 0.2) is 0 Å². The summed E-state index contributed by atoms with van der Waals surface area (Å²) in [6, 6.07) is 0. The van der Waals surface area contributed by atoms with Gasteiger partial charge in [-0.25, -0.2) is 0 Å². The number of ether oxygens (including phenoxy) is 1. The second-order valence-electron chi connectivity index (χ2n) is 3.98. The highest BCUT2D eigenvalue weighted by molar-refractivity contribution is 4.82. The Kier molecular flexibility index (Phi) is 5.38. The number of allylic oxidation sites excluding steroid dienone is 1. The smallest absolute Gasteiger partial charge is 0.0861 e. The van der Waals surface area contributed by atoms with E-state index in [0.29, 0.717) is 12.5 Å². The van der Waals surface area contributed by atoms with E-state index >= 15 is 0 Å². The third-order valence-electron chi connectivity index (χ3n) is 2.96. The number of aliphatic hydroxyl groups excluding tert-OH is 1. The molecule has 80 valence electrons. The lowest BCUT2D eigenvalue weighted by molar-refractivity contribution is 0.167. The molecule has 0 spiro atoms. The molecular weight excluding hydrogens is 176 g/mol. The summed E-state index contributed by atoms with van der Waals surface area (Å²) >= 11 is 0. The third kappa shape index (κ3) is 3.97. The molecular formula is C12H20O2. The van der Waals surface area contributed by atoms with Crippen molar-refractivity contribution in [2.24, 2.45) is 11.8 Å². The van der Waals surface area contributed by atoms with E-state index in [9.17, 15) is 0 Å². The van der Waals surface area contributed by atoms with Crippen molar-refractivity contribution in [3.05, 3.63) is 25.2 Å². The van der Waals surface area contributed by atoms with Crippen LogP contribution >= 0.6 is 0 Å². The molecule has 0 saturated heterocycles. The zero-order valence-electron chi connectivity index (χ0n) is 8.69. The average molecular weight is 196 g/mol. The van der Waals surface area contributed by atoms with Gasteiger partial charge in [-0.1, -0.05) is 6.58 Å². The summed E-state index contributed by atoms with van der Waals surface area (Å²) in [7, 11) is 0. The number of hydrogen-bond acceptors (Lipinski definition) is 2. The van der Waals surface area contributed by atoms with E-state index in [1.165, 1.54) is 31.9 Å². The summed E-state index contributed by atoms with van der Waals surface area (Å²) in [5.41, 5.74) is 0. The molecule has 0 aromatic carbocycles. The first-order valence-electron chi connectivity index (χ1n) is 5.39. The van der Waals surface area contributed by atoms with Gasteiger partial charge in [-0.2, -0.15) is 0 Å². The molecule has 0 heterocycles. The molecule has 1 saturated carbocycles. The van der Waals surface area contributed by atoms with Crippen molar-refractivity contribution in [3.8, 4) is 0 Å². The van der Waals surface area contributed by atoms with Gasteiger partial charge >= 0.3 is 0 Å². The van der Waals surface area contributed by atoms with Gasteiger partial charge in [0.25, 0.3) is 0 Å². The minimum atomic E-state index is 0.363. The Morgan fingerprint density at radius 2 is 1.86 bits per heavy atom. The van der Waals surface area contributed by atoms with Crippen LogP contribution < -0.4 is 0 Å². The number of rotatable bonds is 5. The van der Waals surface area contributed by atoms with Gasteiger partial charge in [0.2, 0.25) is 0 Å². The lowest BCUT2D eigenvalue weighted by Crippen LogP contribution is -2.16. The van der Waals surface area contributed by atoms with Gasteiger partial charge in [-0.15, -0.1) is 0 Å². The quantitative estimate of drug-likeness (QED) is 0.685. The second-order valence-corrected chi connectivity index (χ2v) is 3.98. The van der Waals surface area contributed by atoms with E-state index in [1.54, 1.807) is 6.26 Å². The maximum Gasteiger partial charge on any atom is 0.0861 e. The molecule has 2 nitrogen and oxygen atoms in total. The Morgan fingerprint density at radius 1 is 1.21 bits per heavy atom. The first-order valence-corrected chi connectivity index (χ1v) is 5.39. The Balaban J connectivity index is 2.12. The Hall–Kier alpha value is -0.760. The number of aliphatic hydroxyl groups is 1. The third-order valence-corrected chi connectivity index (χ3v) is 2.96. The molecule has 0 aliphatic heterocycles. The van der Waals surface area contributed by atoms with Crippen LogP contribution in [-0.4, -0.2) is 11.7 Å². The van der Waals surface area contributed by atoms with Gasteiger partial charge in [0, 0.05) is 6.61 Å². The summed E-state index contributed by atoms with van der Waals surface area (Å²) in [5.74, 6) is 1.34. The van der Waals surface area contributed by atoms with Gasteiger partial charge in [-0.05, 0) is 50.0 Å². The lowest BCUT2D eigenvalue weighted by Gasteiger charge is -2.26. The topological polar surface area (TPSA) is 29.5 Å². The molecule has 0 amide bonds. The fourth-order valence-electron chi connectivity index (χ4n) is 2.01. The molecule has 0 atom stereocenters. The van der Waals surface area contributed by atoms with E-state index in [0.717, 1.165) is 12.3 Å². The van der Waals surface area contributed by atoms with Gasteiger partial charge in [0.05, 0.1) is 12.5 Å². The van der Waals surface area contributed by atoms with E-state index in [2.05, 4.69) is 12.7 Å². The van der Waals surface area contributed by atoms with E-state index in [4.69, 9.17) is 9.84 Å². The predicted molar refractivity (Wildman–Crippen MR) is 57.6 cm³/mol. The summed E-state index contributed by atoms with van der Waals surface area (Å²) in [5, 5.41) is 8.98. The van der Waals surface area contributed by atoms with Crippen LogP contribution in [0.25, 0.3) is 0 Å². The molecule has 2 heteroatoms. The summed E-state index contributed by atoms with van der Waals surface area (Å²) in [6.07, 6.45) is 11.1. The SMILES string of the molecule is C=COC=CCC1CCC(CO)CC1. The summed E-state index contributed by atoms with van der Waals surface area (Å²) in [4.78, 5) is 0. The van der Waals surface area contributed by atoms with E-state index < -0.39 is 0 Å². The van der Waals surface area contributed by atoms with Crippen LogP contribution in [0.15, 0.2) is 25.2 Å². The van der Waals surface area contributed by atoms with Crippen LogP contribution in [0.5, 0.6) is 0 Å². The normalized spacial score (nSPS) is 27.8. The molecule has 0 aromatic heterocycles. The van der Waals surface area contributed by atoms with Crippen LogP contribution in [0.3, 0.4) is 0 Å². The Morgan fingerprint density at radius 3 is 2.43 bits per heavy atom. The molecule has 1 rings (SSSR count). The molecule has 1 fully saturated rings. The maximum absolute atomic E-state index is 8.98. The second kappa shape index (κ2) is 6.66. The van der Waals surface area contributed by atoms with Crippen molar-refractivity contribution in [3.63, 3.8) is 0 Å². The Labute approximate surface area is 86.3 Å². The van der Waals surface area contributed by atoms with Crippen LogP contribution in [0, 0.1) is 11.8 Å². The van der Waals surface area contributed by atoms with Crippen molar-refractivity contribution in [1.29, 1.82) is 0 Å². The van der Waals surface area contributed by atoms with Gasteiger partial charge < -0.3 is 9.84 Å². The van der Waals surface area contributed by atoms with Crippen LogP contribution in [-0.2, 0) is 4.74 Å². The molecule has 1 aliphatic carbocycles. The van der Waals surface area contributed by atoms with Crippen LogP contribution in [0.4, 0.5) is 0 Å². The molecule has 1 aliphatic rings. The van der Waals surface area contributed by atoms with E-state index in [1.807, 2.05) is 0 Å². The first-order chi connectivity index (χ1) is 6.86. The highest BCUT2D eigenvalue weighted by Gasteiger charge is 2.19. The molecule has 1 N–H and O–H groups in total. The fraction of sp³-hybridized carbons (Fsp3) is 0.667. The highest BCUT2D eigenvalue weighted by Crippen LogP contribution is 2.30. The monoisotopic (exact) mass is 196 g/mol. The molecule has 0 bridgehead atoms. The van der Waals surface area contributed by atoms with Gasteiger partial charge in [0.1, 0.15) is 0 Å². The predicted octanol–water partition coefficient (Wildman–Crippen LogP) is 2.85. The molecule has 0 unspecified atom stereocenters.